The predicted octanol–water partition coefficient (Wildman–Crippen LogP) is 14.7. The molecule has 0 spiro atoms. The van der Waals surface area contributed by atoms with Crippen molar-refractivity contribution in [2.75, 3.05) is 0 Å². The second-order valence-electron chi connectivity index (χ2n) is 14.9. The number of benzene rings is 10. The van der Waals surface area contributed by atoms with Gasteiger partial charge in [0, 0.05) is 32.9 Å². The molecule has 0 N–H and O–H groups in total. The summed E-state index contributed by atoms with van der Waals surface area (Å²) in [5.74, 6) is 0. The molecule has 0 aliphatic rings. The van der Waals surface area contributed by atoms with Gasteiger partial charge in [-0.2, -0.15) is 0 Å². The molecule has 12 aromatic rings. The number of hydrogen-bond donors (Lipinski definition) is 0. The highest BCUT2D eigenvalue weighted by atomic mass is 15.0. The molecule has 2 heterocycles. The average molecular weight is 711 g/mol. The van der Waals surface area contributed by atoms with Gasteiger partial charge in [-0.25, -0.2) is 0 Å². The van der Waals surface area contributed by atoms with Gasteiger partial charge >= 0.3 is 0 Å². The third-order valence-corrected chi connectivity index (χ3v) is 11.9. The van der Waals surface area contributed by atoms with E-state index in [0.717, 1.165) is 5.69 Å². The molecule has 0 aliphatic heterocycles. The Hall–Kier alpha value is -7.42. The van der Waals surface area contributed by atoms with E-state index in [1.807, 2.05) is 0 Å². The first kappa shape index (κ1) is 31.0. The standard InChI is InChI=1S/C54H34N2/c1-3-13-35(14-4-1)36-23-28-53-49(31-36)50-33-38(25-30-54(50)55(53)39-15-5-2-6-16-39)37-24-29-52-48(32-37)46-21-11-12-22-51(46)56(52)40-26-27-45-43-19-8-7-17-41(43)42-18-9-10-20-44(42)47(45)34-40/h1-34H. The molecule has 56 heavy (non-hydrogen) atoms. The predicted molar refractivity (Wildman–Crippen MR) is 239 cm³/mol. The molecule has 260 valence electrons. The molecule has 10 aromatic carbocycles. The Kier molecular flexibility index (Phi) is 6.66. The maximum absolute atomic E-state index is 2.44. The maximum atomic E-state index is 2.44. The Morgan fingerprint density at radius 3 is 1.16 bits per heavy atom. The maximum Gasteiger partial charge on any atom is 0.0541 e. The SMILES string of the molecule is c1ccc(-c2ccc3c(c2)c2cc(-c4ccc5c(c4)c4ccccc4n5-c4ccc5c6ccccc6c6ccccc6c5c4)ccc2n3-c2ccccc2)cc1. The second kappa shape index (κ2) is 12.0. The average Bonchev–Trinajstić information content (AvgIpc) is 3.78. The van der Waals surface area contributed by atoms with Gasteiger partial charge in [-0.3, -0.25) is 0 Å². The molecule has 0 radical (unpaired) electrons. The van der Waals surface area contributed by atoms with Gasteiger partial charge in [-0.1, -0.05) is 140 Å². The molecule has 12 rings (SSSR count). The summed E-state index contributed by atoms with van der Waals surface area (Å²) in [5, 5.41) is 12.7. The lowest BCUT2D eigenvalue weighted by Crippen LogP contribution is -1.94. The lowest BCUT2D eigenvalue weighted by atomic mass is 9.94. The van der Waals surface area contributed by atoms with Crippen molar-refractivity contribution in [2.45, 2.75) is 0 Å². The van der Waals surface area contributed by atoms with Gasteiger partial charge in [0.15, 0.2) is 0 Å². The molecular formula is C54H34N2. The van der Waals surface area contributed by atoms with Crippen LogP contribution in [0, 0.1) is 0 Å². The number of hydrogen-bond acceptors (Lipinski definition) is 0. The van der Waals surface area contributed by atoms with Crippen LogP contribution in [-0.2, 0) is 0 Å². The third-order valence-electron chi connectivity index (χ3n) is 11.9. The summed E-state index contributed by atoms with van der Waals surface area (Å²) in [5.41, 5.74) is 12.0. The number of aromatic nitrogens is 2. The van der Waals surface area contributed by atoms with E-state index in [-0.39, 0.29) is 0 Å². The Morgan fingerprint density at radius 1 is 0.196 bits per heavy atom. The van der Waals surface area contributed by atoms with Gasteiger partial charge in [0.2, 0.25) is 0 Å². The Bertz CT molecular complexity index is 3480. The quantitative estimate of drug-likeness (QED) is 0.161. The summed E-state index contributed by atoms with van der Waals surface area (Å²) in [6.07, 6.45) is 0. The second-order valence-corrected chi connectivity index (χ2v) is 14.9. The topological polar surface area (TPSA) is 9.86 Å². The molecule has 0 fully saturated rings. The van der Waals surface area contributed by atoms with Gasteiger partial charge < -0.3 is 9.13 Å². The van der Waals surface area contributed by atoms with Gasteiger partial charge in [0.25, 0.3) is 0 Å². The van der Waals surface area contributed by atoms with E-state index in [9.17, 15) is 0 Å². The minimum Gasteiger partial charge on any atom is -0.309 e. The molecule has 0 saturated carbocycles. The fraction of sp³-hybridized carbons (Fsp3) is 0. The zero-order valence-electron chi connectivity index (χ0n) is 30.5. The first-order chi connectivity index (χ1) is 27.8. The van der Waals surface area contributed by atoms with Gasteiger partial charge in [-0.05, 0) is 121 Å². The van der Waals surface area contributed by atoms with E-state index in [0.29, 0.717) is 0 Å². The Labute approximate surface area is 323 Å². The van der Waals surface area contributed by atoms with Crippen molar-refractivity contribution < 1.29 is 0 Å². The van der Waals surface area contributed by atoms with Crippen LogP contribution in [0.25, 0.3) is 110 Å². The monoisotopic (exact) mass is 710 g/mol. The molecule has 0 unspecified atom stereocenters. The fourth-order valence-corrected chi connectivity index (χ4v) is 9.33. The first-order valence-corrected chi connectivity index (χ1v) is 19.3. The van der Waals surface area contributed by atoms with E-state index in [1.165, 1.54) is 104 Å². The van der Waals surface area contributed by atoms with Crippen molar-refractivity contribution in [2.24, 2.45) is 0 Å². The minimum atomic E-state index is 1.16. The largest absolute Gasteiger partial charge is 0.309 e. The Morgan fingerprint density at radius 2 is 0.589 bits per heavy atom. The molecule has 0 saturated heterocycles. The van der Waals surface area contributed by atoms with E-state index in [1.54, 1.807) is 0 Å². The van der Waals surface area contributed by atoms with Crippen LogP contribution in [0.4, 0.5) is 0 Å². The molecule has 0 atom stereocenters. The van der Waals surface area contributed by atoms with Crippen molar-refractivity contribution in [3.8, 4) is 33.6 Å². The number of para-hydroxylation sites is 2. The number of nitrogens with zero attached hydrogens (tertiary/aromatic N) is 2. The number of rotatable bonds is 4. The van der Waals surface area contributed by atoms with E-state index < -0.39 is 0 Å². The zero-order chi connectivity index (χ0) is 36.7. The highest BCUT2D eigenvalue weighted by Gasteiger charge is 2.18. The van der Waals surface area contributed by atoms with Crippen LogP contribution < -0.4 is 0 Å². The van der Waals surface area contributed by atoms with Crippen LogP contribution in [0.1, 0.15) is 0 Å². The Balaban J connectivity index is 1.06. The lowest BCUT2D eigenvalue weighted by molar-refractivity contribution is 1.18. The van der Waals surface area contributed by atoms with Crippen molar-refractivity contribution in [3.05, 3.63) is 206 Å². The molecule has 2 heteroatoms. The summed E-state index contributed by atoms with van der Waals surface area (Å²) in [6.45, 7) is 0. The molecule has 0 amide bonds. The van der Waals surface area contributed by atoms with Crippen molar-refractivity contribution in [3.63, 3.8) is 0 Å². The van der Waals surface area contributed by atoms with Crippen LogP contribution >= 0.6 is 0 Å². The number of fused-ring (bicyclic) bond motifs is 12. The van der Waals surface area contributed by atoms with Crippen molar-refractivity contribution >= 4 is 75.9 Å². The van der Waals surface area contributed by atoms with Crippen LogP contribution in [-0.4, -0.2) is 9.13 Å². The molecule has 0 aliphatic carbocycles. The van der Waals surface area contributed by atoms with Gasteiger partial charge in [-0.15, -0.1) is 0 Å². The summed E-state index contributed by atoms with van der Waals surface area (Å²) < 4.78 is 4.84. The zero-order valence-corrected chi connectivity index (χ0v) is 30.5. The lowest BCUT2D eigenvalue weighted by Gasteiger charge is -2.14. The summed E-state index contributed by atoms with van der Waals surface area (Å²) >= 11 is 0. The van der Waals surface area contributed by atoms with Crippen molar-refractivity contribution in [1.29, 1.82) is 0 Å². The summed E-state index contributed by atoms with van der Waals surface area (Å²) in [6, 6.07) is 75.8. The molecular weight excluding hydrogens is 677 g/mol. The highest BCUT2D eigenvalue weighted by Crippen LogP contribution is 2.41. The van der Waals surface area contributed by atoms with E-state index in [4.69, 9.17) is 0 Å². The molecule has 2 aromatic heterocycles. The van der Waals surface area contributed by atoms with Crippen molar-refractivity contribution in [1.82, 2.24) is 9.13 Å². The van der Waals surface area contributed by atoms with Crippen LogP contribution in [0.2, 0.25) is 0 Å². The summed E-state index contributed by atoms with van der Waals surface area (Å²) in [7, 11) is 0. The fourth-order valence-electron chi connectivity index (χ4n) is 9.33. The van der Waals surface area contributed by atoms with Gasteiger partial charge in [0.1, 0.15) is 0 Å². The smallest absolute Gasteiger partial charge is 0.0541 e. The van der Waals surface area contributed by atoms with Crippen LogP contribution in [0.15, 0.2) is 206 Å². The minimum absolute atomic E-state index is 1.16. The first-order valence-electron chi connectivity index (χ1n) is 19.3. The van der Waals surface area contributed by atoms with E-state index in [2.05, 4.69) is 215 Å². The van der Waals surface area contributed by atoms with Crippen LogP contribution in [0.5, 0.6) is 0 Å². The van der Waals surface area contributed by atoms with Crippen LogP contribution in [0.3, 0.4) is 0 Å². The normalized spacial score (nSPS) is 11.9. The van der Waals surface area contributed by atoms with Gasteiger partial charge in [0.05, 0.1) is 22.1 Å². The molecule has 2 nitrogen and oxygen atoms in total. The van der Waals surface area contributed by atoms with E-state index >= 15 is 0 Å². The molecule has 0 bridgehead atoms. The highest BCUT2D eigenvalue weighted by molar-refractivity contribution is 6.25. The third kappa shape index (κ3) is 4.57. The summed E-state index contributed by atoms with van der Waals surface area (Å²) in [4.78, 5) is 0.